The van der Waals surface area contributed by atoms with Gasteiger partial charge in [-0.25, -0.2) is 4.79 Å². The zero-order valence-corrected chi connectivity index (χ0v) is 12.9. The van der Waals surface area contributed by atoms with Gasteiger partial charge in [-0.2, -0.15) is 0 Å². The van der Waals surface area contributed by atoms with Crippen molar-refractivity contribution in [2.45, 2.75) is 32.7 Å². The molecule has 0 aliphatic carbocycles. The van der Waals surface area contributed by atoms with Gasteiger partial charge in [-0.15, -0.1) is 0 Å². The van der Waals surface area contributed by atoms with Crippen LogP contribution >= 0.6 is 11.6 Å². The Morgan fingerprint density at radius 2 is 1.95 bits per heavy atom. The lowest BCUT2D eigenvalue weighted by Crippen LogP contribution is -2.40. The molecule has 0 saturated heterocycles. The minimum absolute atomic E-state index is 0.0608. The van der Waals surface area contributed by atoms with Gasteiger partial charge in [0, 0.05) is 31.1 Å². The first-order valence-electron chi connectivity index (χ1n) is 7.02. The van der Waals surface area contributed by atoms with Crippen molar-refractivity contribution >= 4 is 23.6 Å². The van der Waals surface area contributed by atoms with Crippen molar-refractivity contribution in [2.75, 3.05) is 13.1 Å². The average molecular weight is 313 g/mol. The molecular weight excluding hydrogens is 292 g/mol. The third kappa shape index (κ3) is 6.99. The lowest BCUT2D eigenvalue weighted by molar-refractivity contribution is -0.137. The van der Waals surface area contributed by atoms with E-state index >= 15 is 0 Å². The molecule has 0 atom stereocenters. The molecule has 0 fully saturated rings. The Balaban J connectivity index is 2.49. The molecule has 2 N–H and O–H groups in total. The van der Waals surface area contributed by atoms with Crippen LogP contribution in [0.15, 0.2) is 24.3 Å². The molecule has 6 heteroatoms. The lowest BCUT2D eigenvalue weighted by atomic mass is 10.2. The first kappa shape index (κ1) is 17.3. The third-order valence-corrected chi connectivity index (χ3v) is 3.16. The van der Waals surface area contributed by atoms with Crippen LogP contribution in [0.5, 0.6) is 0 Å². The summed E-state index contributed by atoms with van der Waals surface area (Å²) >= 11 is 5.84. The Labute approximate surface area is 129 Å². The number of nitrogens with one attached hydrogen (secondary N) is 1. The SMILES string of the molecule is CCCN(Cc1ccc(Cl)cc1)C(=O)NCCCC(=O)O. The Morgan fingerprint density at radius 1 is 1.29 bits per heavy atom. The highest BCUT2D eigenvalue weighted by Gasteiger charge is 2.12. The molecule has 1 aromatic carbocycles. The smallest absolute Gasteiger partial charge is 0.317 e. The second-order valence-electron chi connectivity index (χ2n) is 4.78. The van der Waals surface area contributed by atoms with E-state index in [0.717, 1.165) is 12.0 Å². The van der Waals surface area contributed by atoms with Gasteiger partial charge in [0.25, 0.3) is 0 Å². The van der Waals surface area contributed by atoms with Crippen LogP contribution in [0.25, 0.3) is 0 Å². The van der Waals surface area contributed by atoms with Crippen molar-refractivity contribution in [3.05, 3.63) is 34.9 Å². The van der Waals surface area contributed by atoms with Crippen molar-refractivity contribution in [1.82, 2.24) is 10.2 Å². The van der Waals surface area contributed by atoms with E-state index in [-0.39, 0.29) is 12.5 Å². The number of halogens is 1. The number of nitrogens with zero attached hydrogens (tertiary/aromatic N) is 1. The summed E-state index contributed by atoms with van der Waals surface area (Å²) in [6, 6.07) is 7.21. The quantitative estimate of drug-likeness (QED) is 0.725. The van der Waals surface area contributed by atoms with Gasteiger partial charge >= 0.3 is 12.0 Å². The highest BCUT2D eigenvalue weighted by atomic mass is 35.5. The van der Waals surface area contributed by atoms with Crippen LogP contribution in [0.1, 0.15) is 31.7 Å². The second-order valence-corrected chi connectivity index (χ2v) is 5.21. The van der Waals surface area contributed by atoms with Gasteiger partial charge in [0.2, 0.25) is 0 Å². The van der Waals surface area contributed by atoms with Gasteiger partial charge in [0.15, 0.2) is 0 Å². The molecule has 5 nitrogen and oxygen atoms in total. The van der Waals surface area contributed by atoms with Gasteiger partial charge in [0.1, 0.15) is 0 Å². The molecule has 0 spiro atoms. The van der Waals surface area contributed by atoms with E-state index in [1.165, 1.54) is 0 Å². The Hall–Kier alpha value is -1.75. The van der Waals surface area contributed by atoms with Crippen molar-refractivity contribution < 1.29 is 14.7 Å². The van der Waals surface area contributed by atoms with Gasteiger partial charge in [-0.05, 0) is 30.5 Å². The number of aliphatic carboxylic acids is 1. The molecule has 2 amide bonds. The molecule has 21 heavy (non-hydrogen) atoms. The van der Waals surface area contributed by atoms with Gasteiger partial charge in [-0.1, -0.05) is 30.7 Å². The lowest BCUT2D eigenvalue weighted by Gasteiger charge is -2.22. The number of benzene rings is 1. The predicted octanol–water partition coefficient (Wildman–Crippen LogP) is 3.13. The summed E-state index contributed by atoms with van der Waals surface area (Å²) in [5.41, 5.74) is 1.01. The molecule has 0 heterocycles. The minimum atomic E-state index is -0.851. The fourth-order valence-electron chi connectivity index (χ4n) is 1.88. The van der Waals surface area contributed by atoms with E-state index in [9.17, 15) is 9.59 Å². The van der Waals surface area contributed by atoms with Gasteiger partial charge in [0.05, 0.1) is 0 Å². The predicted molar refractivity (Wildman–Crippen MR) is 82.4 cm³/mol. The zero-order valence-electron chi connectivity index (χ0n) is 12.1. The first-order valence-corrected chi connectivity index (χ1v) is 7.39. The third-order valence-electron chi connectivity index (χ3n) is 2.91. The maximum absolute atomic E-state index is 12.1. The number of rotatable bonds is 8. The molecule has 1 rings (SSSR count). The van der Waals surface area contributed by atoms with E-state index in [1.54, 1.807) is 17.0 Å². The van der Waals surface area contributed by atoms with E-state index in [1.807, 2.05) is 19.1 Å². The number of carbonyl (C=O) groups excluding carboxylic acids is 1. The van der Waals surface area contributed by atoms with Crippen LogP contribution < -0.4 is 5.32 Å². The fraction of sp³-hybridized carbons (Fsp3) is 0.467. The van der Waals surface area contributed by atoms with Crippen molar-refractivity contribution in [3.63, 3.8) is 0 Å². The van der Waals surface area contributed by atoms with Crippen LogP contribution in [0.4, 0.5) is 4.79 Å². The maximum atomic E-state index is 12.1. The number of urea groups is 1. The van der Waals surface area contributed by atoms with E-state index < -0.39 is 5.97 Å². The summed E-state index contributed by atoms with van der Waals surface area (Å²) in [7, 11) is 0. The van der Waals surface area contributed by atoms with Crippen LogP contribution in [0, 0.1) is 0 Å². The highest BCUT2D eigenvalue weighted by molar-refractivity contribution is 6.30. The number of amides is 2. The van der Waals surface area contributed by atoms with Gasteiger partial charge in [-0.3, -0.25) is 4.79 Å². The van der Waals surface area contributed by atoms with Crippen LogP contribution in [0.2, 0.25) is 5.02 Å². The summed E-state index contributed by atoms with van der Waals surface area (Å²) in [6.45, 7) is 3.53. The first-order chi connectivity index (χ1) is 10.0. The second kappa shape index (κ2) is 9.23. The Bertz CT molecular complexity index is 462. The number of carbonyl (C=O) groups is 2. The summed E-state index contributed by atoms with van der Waals surface area (Å²) in [6.07, 6.45) is 1.35. The van der Waals surface area contributed by atoms with Crippen molar-refractivity contribution in [1.29, 1.82) is 0 Å². The molecule has 0 aliphatic heterocycles. The molecule has 0 unspecified atom stereocenters. The average Bonchev–Trinajstić information content (AvgIpc) is 2.45. The Morgan fingerprint density at radius 3 is 2.52 bits per heavy atom. The monoisotopic (exact) mass is 312 g/mol. The summed E-state index contributed by atoms with van der Waals surface area (Å²) in [4.78, 5) is 24.2. The number of carboxylic acids is 1. The van der Waals surface area contributed by atoms with Crippen molar-refractivity contribution in [3.8, 4) is 0 Å². The number of carboxylic acid groups (broad SMARTS) is 1. The highest BCUT2D eigenvalue weighted by Crippen LogP contribution is 2.12. The fourth-order valence-corrected chi connectivity index (χ4v) is 2.01. The van der Waals surface area contributed by atoms with Crippen molar-refractivity contribution in [2.24, 2.45) is 0 Å². The maximum Gasteiger partial charge on any atom is 0.317 e. The molecule has 0 radical (unpaired) electrons. The van der Waals surface area contributed by atoms with E-state index in [4.69, 9.17) is 16.7 Å². The normalized spacial score (nSPS) is 10.2. The number of hydrogen-bond acceptors (Lipinski definition) is 2. The molecule has 1 aromatic rings. The molecule has 0 saturated carbocycles. The molecule has 0 aromatic heterocycles. The number of hydrogen-bond donors (Lipinski definition) is 2. The zero-order chi connectivity index (χ0) is 15.7. The Kier molecular flexibility index (Phi) is 7.61. The topological polar surface area (TPSA) is 69.6 Å². The molecule has 0 bridgehead atoms. The van der Waals surface area contributed by atoms with E-state index in [2.05, 4.69) is 5.32 Å². The van der Waals surface area contributed by atoms with Crippen LogP contribution in [0.3, 0.4) is 0 Å². The van der Waals surface area contributed by atoms with E-state index in [0.29, 0.717) is 31.1 Å². The summed E-state index contributed by atoms with van der Waals surface area (Å²) in [5, 5.41) is 12.0. The summed E-state index contributed by atoms with van der Waals surface area (Å²) in [5.74, 6) is -0.851. The van der Waals surface area contributed by atoms with Crippen LogP contribution in [-0.4, -0.2) is 35.1 Å². The standard InChI is InChI=1S/C15H21ClN2O3/c1-2-10-18(11-12-5-7-13(16)8-6-12)15(21)17-9-3-4-14(19)20/h5-8H,2-4,9-11H2,1H3,(H,17,21)(H,19,20). The largest absolute Gasteiger partial charge is 0.481 e. The summed E-state index contributed by atoms with van der Waals surface area (Å²) < 4.78 is 0. The molecular formula is C15H21ClN2O3. The molecule has 116 valence electrons. The molecule has 0 aliphatic rings. The minimum Gasteiger partial charge on any atom is -0.481 e. The van der Waals surface area contributed by atoms with Gasteiger partial charge < -0.3 is 15.3 Å². The van der Waals surface area contributed by atoms with Crippen LogP contribution in [-0.2, 0) is 11.3 Å².